The van der Waals surface area contributed by atoms with E-state index in [2.05, 4.69) is 9.98 Å². The second kappa shape index (κ2) is 5.70. The largest absolute Gasteiger partial charge is 0.271 e. The lowest BCUT2D eigenvalue weighted by Crippen LogP contribution is -2.27. The summed E-state index contributed by atoms with van der Waals surface area (Å²) in [7, 11) is 0. The van der Waals surface area contributed by atoms with Gasteiger partial charge in [0.05, 0.1) is 11.3 Å². The monoisotopic (exact) mass is 291 g/mol. The van der Waals surface area contributed by atoms with Crippen molar-refractivity contribution < 1.29 is 9.18 Å². The van der Waals surface area contributed by atoms with Gasteiger partial charge in [0.2, 0.25) is 0 Å². The maximum absolute atomic E-state index is 13.2. The van der Waals surface area contributed by atoms with Gasteiger partial charge >= 0.3 is 0 Å². The predicted molar refractivity (Wildman–Crippen MR) is 81.6 cm³/mol. The number of hydrogen-bond acceptors (Lipinski definition) is 3. The molecule has 1 aromatic rings. The van der Waals surface area contributed by atoms with Crippen molar-refractivity contribution in [3.63, 3.8) is 0 Å². The highest BCUT2D eigenvalue weighted by atomic mass is 19.1. The van der Waals surface area contributed by atoms with Gasteiger partial charge in [-0.2, -0.15) is 10.3 Å². The second-order valence-corrected chi connectivity index (χ2v) is 4.76. The molecule has 0 fully saturated rings. The van der Waals surface area contributed by atoms with E-state index in [1.165, 1.54) is 18.2 Å². The first-order valence-corrected chi connectivity index (χ1v) is 6.61. The number of aliphatic imine (C=N–C) groups is 2. The highest BCUT2D eigenvalue weighted by Gasteiger charge is 2.27. The molecule has 0 N–H and O–H groups in total. The number of halogens is 1. The fourth-order valence-electron chi connectivity index (χ4n) is 2.20. The van der Waals surface area contributed by atoms with E-state index in [1.807, 2.05) is 6.07 Å². The van der Waals surface area contributed by atoms with E-state index in [1.54, 1.807) is 36.4 Å². The molecule has 1 heterocycles. The summed E-state index contributed by atoms with van der Waals surface area (Å²) >= 11 is 0. The molecule has 22 heavy (non-hydrogen) atoms. The number of amides is 1. The smallest absolute Gasteiger partial charge is 0.260 e. The van der Waals surface area contributed by atoms with E-state index in [0.29, 0.717) is 11.3 Å². The third-order valence-electron chi connectivity index (χ3n) is 3.24. The van der Waals surface area contributed by atoms with Gasteiger partial charge in [-0.05, 0) is 29.8 Å². The first-order chi connectivity index (χ1) is 10.7. The van der Waals surface area contributed by atoms with Crippen LogP contribution in [0.25, 0.3) is 6.08 Å². The van der Waals surface area contributed by atoms with E-state index in [4.69, 9.17) is 0 Å². The summed E-state index contributed by atoms with van der Waals surface area (Å²) in [5, 5.41) is 9.29. The molecule has 1 aromatic carbocycles. The number of amidine groups is 1. The molecular formula is C17H10FN3O. The average molecular weight is 291 g/mol. The molecule has 1 amide bonds. The Bertz CT molecular complexity index is 838. The lowest BCUT2D eigenvalue weighted by Gasteiger charge is -2.17. The van der Waals surface area contributed by atoms with Crippen LogP contribution in [-0.2, 0) is 4.79 Å². The first-order valence-electron chi connectivity index (χ1n) is 6.61. The minimum Gasteiger partial charge on any atom is -0.271 e. The Labute approximate surface area is 126 Å². The summed E-state index contributed by atoms with van der Waals surface area (Å²) in [4.78, 5) is 20.2. The molecule has 2 aliphatic rings. The van der Waals surface area contributed by atoms with Crippen molar-refractivity contribution in [1.29, 1.82) is 5.26 Å². The van der Waals surface area contributed by atoms with E-state index >= 15 is 0 Å². The molecule has 106 valence electrons. The second-order valence-electron chi connectivity index (χ2n) is 4.76. The number of hydrogen-bond donors (Lipinski definition) is 0. The van der Waals surface area contributed by atoms with Crippen molar-refractivity contribution >= 4 is 23.5 Å². The maximum atomic E-state index is 13.2. The Hall–Kier alpha value is -3.13. The number of nitrogens with zero attached hydrogens (tertiary/aromatic N) is 3. The van der Waals surface area contributed by atoms with Crippen molar-refractivity contribution in [1.82, 2.24) is 0 Å². The Morgan fingerprint density at radius 3 is 2.95 bits per heavy atom. The quantitative estimate of drug-likeness (QED) is 0.786. The van der Waals surface area contributed by atoms with Crippen molar-refractivity contribution in [3.05, 3.63) is 65.5 Å². The molecule has 3 rings (SSSR count). The normalized spacial score (nSPS) is 20.1. The highest BCUT2D eigenvalue weighted by Crippen LogP contribution is 2.19. The molecule has 1 aliphatic heterocycles. The van der Waals surface area contributed by atoms with Crippen molar-refractivity contribution in [2.75, 3.05) is 0 Å². The zero-order chi connectivity index (χ0) is 15.5. The van der Waals surface area contributed by atoms with Crippen LogP contribution >= 0.6 is 0 Å². The Balaban J connectivity index is 2.00. The lowest BCUT2D eigenvalue weighted by molar-refractivity contribution is -0.118. The van der Waals surface area contributed by atoms with Crippen LogP contribution in [0, 0.1) is 23.1 Å². The van der Waals surface area contributed by atoms with Crippen LogP contribution in [0.2, 0.25) is 0 Å². The van der Waals surface area contributed by atoms with E-state index in [9.17, 15) is 14.4 Å². The molecule has 0 saturated heterocycles. The molecule has 5 heteroatoms. The minimum absolute atomic E-state index is 0.0583. The Morgan fingerprint density at radius 1 is 1.32 bits per heavy atom. The number of allylic oxidation sites excluding steroid dienone is 3. The highest BCUT2D eigenvalue weighted by molar-refractivity contribution is 6.26. The van der Waals surface area contributed by atoms with Crippen molar-refractivity contribution in [2.24, 2.45) is 15.9 Å². The van der Waals surface area contributed by atoms with Crippen LogP contribution in [0.4, 0.5) is 4.39 Å². The van der Waals surface area contributed by atoms with Gasteiger partial charge in [0.1, 0.15) is 17.8 Å². The molecule has 0 bridgehead atoms. The molecule has 1 atom stereocenters. The van der Waals surface area contributed by atoms with E-state index < -0.39 is 11.7 Å². The molecule has 0 aromatic heterocycles. The van der Waals surface area contributed by atoms with Gasteiger partial charge in [-0.1, -0.05) is 30.4 Å². The Morgan fingerprint density at radius 2 is 2.18 bits per heavy atom. The lowest BCUT2D eigenvalue weighted by atomic mass is 9.96. The van der Waals surface area contributed by atoms with Gasteiger partial charge < -0.3 is 0 Å². The van der Waals surface area contributed by atoms with Crippen molar-refractivity contribution in [2.45, 2.75) is 0 Å². The van der Waals surface area contributed by atoms with Gasteiger partial charge in [-0.3, -0.25) is 4.79 Å². The van der Waals surface area contributed by atoms with Crippen LogP contribution in [0.1, 0.15) is 5.56 Å². The zero-order valence-electron chi connectivity index (χ0n) is 11.4. The molecule has 4 nitrogen and oxygen atoms in total. The van der Waals surface area contributed by atoms with Gasteiger partial charge in [-0.15, -0.1) is 0 Å². The van der Waals surface area contributed by atoms with Crippen LogP contribution in [0.3, 0.4) is 0 Å². The van der Waals surface area contributed by atoms with Gasteiger partial charge in [-0.25, -0.2) is 9.38 Å². The predicted octanol–water partition coefficient (Wildman–Crippen LogP) is 2.85. The number of carbonyl (C=O) groups is 1. The third kappa shape index (κ3) is 2.67. The summed E-state index contributed by atoms with van der Waals surface area (Å²) in [6.45, 7) is 0. The van der Waals surface area contributed by atoms with E-state index in [-0.39, 0.29) is 17.3 Å². The molecule has 0 saturated carbocycles. The molecule has 0 spiro atoms. The molecule has 0 radical (unpaired) electrons. The Kier molecular flexibility index (Phi) is 3.58. The summed E-state index contributed by atoms with van der Waals surface area (Å²) in [6.07, 6.45) is 8.42. The SMILES string of the molecule is N#C/C(=C\c1cccc(F)c1)C1=NC(=O)C2C=CC=CC2=N1. The maximum Gasteiger partial charge on any atom is 0.260 e. The fraction of sp³-hybridized carbons (Fsp3) is 0.0588. The summed E-state index contributed by atoms with van der Waals surface area (Å²) in [5.74, 6) is -1.19. The number of carbonyl (C=O) groups excluding carboxylic acids is 1. The fourth-order valence-corrected chi connectivity index (χ4v) is 2.20. The van der Waals surface area contributed by atoms with Crippen LogP contribution in [0.15, 0.2) is 64.1 Å². The zero-order valence-corrected chi connectivity index (χ0v) is 11.4. The van der Waals surface area contributed by atoms with Crippen molar-refractivity contribution in [3.8, 4) is 6.07 Å². The van der Waals surface area contributed by atoms with Gasteiger partial charge in [0.15, 0.2) is 5.84 Å². The molecule has 1 aliphatic carbocycles. The summed E-state index contributed by atoms with van der Waals surface area (Å²) in [5.41, 5.74) is 1.18. The van der Waals surface area contributed by atoms with E-state index in [0.717, 1.165) is 0 Å². The topological polar surface area (TPSA) is 65.6 Å². The summed E-state index contributed by atoms with van der Waals surface area (Å²) in [6, 6.07) is 7.77. The van der Waals surface area contributed by atoms with Gasteiger partial charge in [0, 0.05) is 0 Å². The molecule has 1 unspecified atom stereocenters. The van der Waals surface area contributed by atoms with Crippen LogP contribution in [-0.4, -0.2) is 17.5 Å². The number of fused-ring (bicyclic) bond motifs is 1. The number of benzene rings is 1. The minimum atomic E-state index is -0.483. The molecular weight excluding hydrogens is 281 g/mol. The van der Waals surface area contributed by atoms with Crippen LogP contribution < -0.4 is 0 Å². The number of nitriles is 1. The third-order valence-corrected chi connectivity index (χ3v) is 3.24. The van der Waals surface area contributed by atoms with Crippen LogP contribution in [0.5, 0.6) is 0 Å². The average Bonchev–Trinajstić information content (AvgIpc) is 2.52. The standard InChI is InChI=1S/C17H10FN3O/c18-13-5-3-4-11(9-13)8-12(10-19)16-20-15-7-2-1-6-14(15)17(22)21-16/h1-9,14H/b12-8+. The van der Waals surface area contributed by atoms with Gasteiger partial charge in [0.25, 0.3) is 5.91 Å². The first kappa shape index (κ1) is 13.8. The number of rotatable bonds is 2. The summed E-state index contributed by atoms with van der Waals surface area (Å²) < 4.78 is 13.2.